The molecule has 4 nitrogen and oxygen atoms in total. The summed E-state index contributed by atoms with van der Waals surface area (Å²) in [4.78, 5) is 16.5. The van der Waals surface area contributed by atoms with E-state index in [-0.39, 0.29) is 11.6 Å². The number of rotatable bonds is 3. The van der Waals surface area contributed by atoms with Crippen molar-refractivity contribution in [1.82, 2.24) is 0 Å². The number of ether oxygens (including phenoxy) is 1. The molecule has 2 aromatic carbocycles. The van der Waals surface area contributed by atoms with E-state index in [0.29, 0.717) is 11.5 Å². The minimum Gasteiger partial charge on any atom is -0.457 e. The number of nitrogens with zero attached hydrogens (tertiary/aromatic N) is 1. The molecule has 1 aliphatic rings. The Kier molecular flexibility index (Phi) is 5.34. The van der Waals surface area contributed by atoms with Gasteiger partial charge in [0.05, 0.1) is 0 Å². The normalized spacial score (nSPS) is 15.1. The van der Waals surface area contributed by atoms with Gasteiger partial charge in [-0.1, -0.05) is 28.1 Å². The second-order valence-corrected chi connectivity index (χ2v) is 8.61. The molecular formula is C20H10Br2INO3. The number of hydrogen-bond acceptors (Lipinski definition) is 4. The van der Waals surface area contributed by atoms with E-state index < -0.39 is 5.97 Å². The quantitative estimate of drug-likeness (QED) is 0.199. The lowest BCUT2D eigenvalue weighted by molar-refractivity contribution is -0.129. The molecule has 3 aromatic rings. The van der Waals surface area contributed by atoms with Crippen LogP contribution in [0.4, 0.5) is 0 Å². The van der Waals surface area contributed by atoms with Gasteiger partial charge in [-0.25, -0.2) is 9.79 Å². The molecule has 1 aromatic heterocycles. The van der Waals surface area contributed by atoms with Gasteiger partial charge < -0.3 is 9.15 Å². The van der Waals surface area contributed by atoms with Gasteiger partial charge in [0, 0.05) is 29.7 Å². The fourth-order valence-electron chi connectivity index (χ4n) is 2.50. The highest BCUT2D eigenvalue weighted by Crippen LogP contribution is 2.27. The van der Waals surface area contributed by atoms with Crippen LogP contribution in [0.1, 0.15) is 11.3 Å². The summed E-state index contributed by atoms with van der Waals surface area (Å²) < 4.78 is 14.1. The van der Waals surface area contributed by atoms with Crippen LogP contribution in [0, 0.1) is 3.57 Å². The first-order valence-electron chi connectivity index (χ1n) is 7.83. The molecule has 27 heavy (non-hydrogen) atoms. The highest BCUT2D eigenvalue weighted by atomic mass is 127. The number of aliphatic imine (C=N–C) groups is 1. The molecule has 1 aliphatic heterocycles. The van der Waals surface area contributed by atoms with E-state index in [1.165, 1.54) is 0 Å². The van der Waals surface area contributed by atoms with E-state index in [0.717, 1.165) is 23.6 Å². The Hall–Kier alpha value is -1.71. The Bertz CT molecular complexity index is 1100. The summed E-state index contributed by atoms with van der Waals surface area (Å²) in [6, 6.07) is 17.1. The van der Waals surface area contributed by atoms with Crippen molar-refractivity contribution in [1.29, 1.82) is 0 Å². The van der Waals surface area contributed by atoms with Crippen LogP contribution in [0.25, 0.3) is 17.4 Å². The number of cyclic esters (lactones) is 1. The third-order valence-electron chi connectivity index (χ3n) is 3.82. The van der Waals surface area contributed by atoms with Gasteiger partial charge in [-0.3, -0.25) is 0 Å². The average Bonchev–Trinajstić information content (AvgIpc) is 3.26. The van der Waals surface area contributed by atoms with Gasteiger partial charge in [-0.05, 0) is 81.0 Å². The number of esters is 1. The molecule has 0 radical (unpaired) electrons. The van der Waals surface area contributed by atoms with Crippen LogP contribution in [0.3, 0.4) is 0 Å². The largest absolute Gasteiger partial charge is 0.457 e. The van der Waals surface area contributed by atoms with Crippen molar-refractivity contribution in [3.8, 4) is 11.3 Å². The second kappa shape index (κ2) is 7.73. The molecule has 0 saturated carbocycles. The van der Waals surface area contributed by atoms with Crippen LogP contribution in [-0.4, -0.2) is 11.9 Å². The predicted molar refractivity (Wildman–Crippen MR) is 119 cm³/mol. The first kappa shape index (κ1) is 18.6. The van der Waals surface area contributed by atoms with Crippen LogP contribution in [0.5, 0.6) is 0 Å². The molecule has 0 spiro atoms. The molecule has 0 aliphatic carbocycles. The van der Waals surface area contributed by atoms with E-state index in [2.05, 4.69) is 59.4 Å². The van der Waals surface area contributed by atoms with Crippen molar-refractivity contribution in [2.24, 2.45) is 4.99 Å². The van der Waals surface area contributed by atoms with Crippen molar-refractivity contribution < 1.29 is 13.9 Å². The standard InChI is InChI=1S/C20H10Br2INO3/c21-13-4-1-11(2-5-13)18-8-6-14(26-18)10-17-20(25)27-19(24-17)12-3-7-16(23)15(22)9-12/h1-10H/b17-10-. The monoisotopic (exact) mass is 597 g/mol. The molecule has 0 bridgehead atoms. The van der Waals surface area contributed by atoms with Crippen LogP contribution >= 0.6 is 54.5 Å². The Morgan fingerprint density at radius 2 is 1.70 bits per heavy atom. The Morgan fingerprint density at radius 3 is 2.44 bits per heavy atom. The molecule has 4 rings (SSSR count). The van der Waals surface area contributed by atoms with Crippen LogP contribution in [-0.2, 0) is 9.53 Å². The molecule has 0 saturated heterocycles. The summed E-state index contributed by atoms with van der Waals surface area (Å²) in [5.41, 5.74) is 1.88. The lowest BCUT2D eigenvalue weighted by Gasteiger charge is -2.01. The summed E-state index contributed by atoms with van der Waals surface area (Å²) in [6.45, 7) is 0. The van der Waals surface area contributed by atoms with Gasteiger partial charge in [-0.2, -0.15) is 0 Å². The van der Waals surface area contributed by atoms with Crippen molar-refractivity contribution in [3.05, 3.63) is 84.1 Å². The Labute approximate surface area is 185 Å². The van der Waals surface area contributed by atoms with Crippen molar-refractivity contribution in [2.45, 2.75) is 0 Å². The van der Waals surface area contributed by atoms with Crippen molar-refractivity contribution in [2.75, 3.05) is 0 Å². The first-order chi connectivity index (χ1) is 13.0. The maximum atomic E-state index is 12.2. The SMILES string of the molecule is O=C1OC(c2ccc(I)c(Br)c2)=N/C1=C\c1ccc(-c2ccc(Br)cc2)o1. The van der Waals surface area contributed by atoms with Crippen LogP contribution in [0.2, 0.25) is 0 Å². The smallest absolute Gasteiger partial charge is 0.363 e. The molecule has 0 amide bonds. The molecule has 2 heterocycles. The maximum Gasteiger partial charge on any atom is 0.363 e. The molecule has 0 fully saturated rings. The third-order valence-corrected chi connectivity index (χ3v) is 6.69. The van der Waals surface area contributed by atoms with Crippen molar-refractivity contribution >= 4 is 72.4 Å². The summed E-state index contributed by atoms with van der Waals surface area (Å²) in [5.74, 6) is 1.03. The van der Waals surface area contributed by atoms with Gasteiger partial charge in [0.25, 0.3) is 0 Å². The van der Waals surface area contributed by atoms with Crippen LogP contribution < -0.4 is 0 Å². The minimum atomic E-state index is -0.499. The summed E-state index contributed by atoms with van der Waals surface area (Å²) in [5, 5.41) is 0. The van der Waals surface area contributed by atoms with Gasteiger partial charge in [0.1, 0.15) is 11.5 Å². The number of furan rings is 1. The topological polar surface area (TPSA) is 51.8 Å². The Morgan fingerprint density at radius 1 is 0.963 bits per heavy atom. The average molecular weight is 599 g/mol. The van der Waals surface area contributed by atoms with Gasteiger partial charge in [-0.15, -0.1) is 0 Å². The zero-order valence-electron chi connectivity index (χ0n) is 13.6. The minimum absolute atomic E-state index is 0.205. The molecular weight excluding hydrogens is 589 g/mol. The number of benzene rings is 2. The lowest BCUT2D eigenvalue weighted by Crippen LogP contribution is -2.05. The zero-order chi connectivity index (χ0) is 19.0. The summed E-state index contributed by atoms with van der Waals surface area (Å²) in [6.07, 6.45) is 1.58. The first-order valence-corrected chi connectivity index (χ1v) is 10.5. The molecule has 134 valence electrons. The molecule has 0 unspecified atom stereocenters. The van der Waals surface area contributed by atoms with E-state index in [1.807, 2.05) is 48.5 Å². The number of carbonyl (C=O) groups excluding carboxylic acids is 1. The summed E-state index contributed by atoms with van der Waals surface area (Å²) in [7, 11) is 0. The molecule has 7 heteroatoms. The number of halogens is 3. The van der Waals surface area contributed by atoms with E-state index in [4.69, 9.17) is 9.15 Å². The molecule has 0 N–H and O–H groups in total. The van der Waals surface area contributed by atoms with Gasteiger partial charge in [0.2, 0.25) is 5.90 Å². The second-order valence-electron chi connectivity index (χ2n) is 5.67. The zero-order valence-corrected chi connectivity index (χ0v) is 18.9. The third kappa shape index (κ3) is 4.09. The predicted octanol–water partition coefficient (Wildman–Crippen LogP) is 6.42. The summed E-state index contributed by atoms with van der Waals surface area (Å²) >= 11 is 9.10. The highest BCUT2D eigenvalue weighted by Gasteiger charge is 2.25. The van der Waals surface area contributed by atoms with E-state index in [9.17, 15) is 4.79 Å². The highest BCUT2D eigenvalue weighted by molar-refractivity contribution is 14.1. The van der Waals surface area contributed by atoms with Crippen LogP contribution in [0.15, 0.2) is 78.6 Å². The number of carbonyl (C=O) groups is 1. The van der Waals surface area contributed by atoms with Gasteiger partial charge >= 0.3 is 5.97 Å². The Balaban J connectivity index is 1.62. The van der Waals surface area contributed by atoms with Gasteiger partial charge in [0.15, 0.2) is 5.70 Å². The fraction of sp³-hybridized carbons (Fsp3) is 0. The van der Waals surface area contributed by atoms with E-state index >= 15 is 0 Å². The fourth-order valence-corrected chi connectivity index (χ4v) is 3.47. The lowest BCUT2D eigenvalue weighted by atomic mass is 10.2. The molecule has 0 atom stereocenters. The van der Waals surface area contributed by atoms with Crippen molar-refractivity contribution in [3.63, 3.8) is 0 Å². The number of hydrogen-bond donors (Lipinski definition) is 0. The maximum absolute atomic E-state index is 12.2. The van der Waals surface area contributed by atoms with E-state index in [1.54, 1.807) is 12.1 Å².